The maximum Gasteiger partial charge on any atom is 0.238 e. The van der Waals surface area contributed by atoms with Crippen LogP contribution in [0.3, 0.4) is 0 Å². The first-order valence-corrected chi connectivity index (χ1v) is 9.93. The van der Waals surface area contributed by atoms with Crippen LogP contribution in [0, 0.1) is 18.6 Å². The molecular weight excluding hydrogens is 412 g/mol. The minimum Gasteiger partial charge on any atom is -0.479 e. The van der Waals surface area contributed by atoms with Crippen molar-refractivity contribution in [1.82, 2.24) is 24.1 Å². The molecule has 0 radical (unpaired) electrons. The van der Waals surface area contributed by atoms with Crippen molar-refractivity contribution in [2.75, 3.05) is 7.11 Å². The van der Waals surface area contributed by atoms with E-state index in [1.807, 2.05) is 59.6 Å². The zero-order valence-corrected chi connectivity index (χ0v) is 17.7. The fraction of sp³-hybridized carbons (Fsp3) is 0.125. The number of halogens is 2. The summed E-state index contributed by atoms with van der Waals surface area (Å²) in [7, 11) is 3.38. The molecule has 0 aliphatic heterocycles. The fourth-order valence-electron chi connectivity index (χ4n) is 3.85. The van der Waals surface area contributed by atoms with Crippen molar-refractivity contribution >= 4 is 11.0 Å². The molecule has 8 heteroatoms. The highest BCUT2D eigenvalue weighted by Crippen LogP contribution is 2.33. The zero-order valence-electron chi connectivity index (χ0n) is 17.7. The number of ether oxygens (including phenoxy) is 1. The Morgan fingerprint density at radius 2 is 1.75 bits per heavy atom. The largest absolute Gasteiger partial charge is 0.479 e. The molecular formula is C24H19F2N5O. The quantitative estimate of drug-likeness (QED) is 0.398. The summed E-state index contributed by atoms with van der Waals surface area (Å²) in [5, 5.41) is 0. The van der Waals surface area contributed by atoms with Crippen molar-refractivity contribution < 1.29 is 13.5 Å². The fourth-order valence-corrected chi connectivity index (χ4v) is 3.85. The van der Waals surface area contributed by atoms with E-state index in [2.05, 4.69) is 4.98 Å². The Bertz CT molecular complexity index is 1450. The number of methoxy groups -OCH3 is 1. The Morgan fingerprint density at radius 1 is 0.969 bits per heavy atom. The highest BCUT2D eigenvalue weighted by molar-refractivity contribution is 5.93. The van der Waals surface area contributed by atoms with E-state index < -0.39 is 11.6 Å². The molecule has 0 saturated carbocycles. The molecule has 0 amide bonds. The number of aromatic nitrogens is 5. The zero-order chi connectivity index (χ0) is 22.4. The molecule has 160 valence electrons. The summed E-state index contributed by atoms with van der Waals surface area (Å²) in [4.78, 5) is 13.7. The monoisotopic (exact) mass is 431 g/mol. The number of pyridine rings is 1. The van der Waals surface area contributed by atoms with E-state index in [1.165, 1.54) is 12.1 Å². The van der Waals surface area contributed by atoms with Crippen LogP contribution >= 0.6 is 0 Å². The minimum atomic E-state index is -0.649. The summed E-state index contributed by atoms with van der Waals surface area (Å²) in [6.45, 7) is 1.91. The summed E-state index contributed by atoms with van der Waals surface area (Å²) in [5.41, 5.74) is 4.96. The Hall–Kier alpha value is -4.07. The number of hydrogen-bond donors (Lipinski definition) is 0. The molecule has 0 saturated heterocycles. The maximum atomic E-state index is 13.8. The summed E-state index contributed by atoms with van der Waals surface area (Å²) < 4.78 is 36.8. The van der Waals surface area contributed by atoms with Gasteiger partial charge in [0.1, 0.15) is 23.1 Å². The van der Waals surface area contributed by atoms with Gasteiger partial charge in [0.2, 0.25) is 5.88 Å². The highest BCUT2D eigenvalue weighted by Gasteiger charge is 2.17. The Labute approximate surface area is 182 Å². The number of fused-ring (bicyclic) bond motifs is 1. The number of aryl methyl sites for hydroxylation is 2. The van der Waals surface area contributed by atoms with Gasteiger partial charge in [0, 0.05) is 30.4 Å². The number of rotatable bonds is 4. The second-order valence-electron chi connectivity index (χ2n) is 7.47. The lowest BCUT2D eigenvalue weighted by molar-refractivity contribution is 0.396. The molecule has 0 aliphatic carbocycles. The van der Waals surface area contributed by atoms with Gasteiger partial charge in [0.05, 0.1) is 35.9 Å². The number of nitrogens with zero attached hydrogens (tertiary/aromatic N) is 5. The van der Waals surface area contributed by atoms with E-state index in [0.29, 0.717) is 28.5 Å². The summed E-state index contributed by atoms with van der Waals surface area (Å²) >= 11 is 0. The minimum absolute atomic E-state index is 0.364. The Kier molecular flexibility index (Phi) is 4.70. The van der Waals surface area contributed by atoms with Gasteiger partial charge in [-0.3, -0.25) is 0 Å². The number of imidazole rings is 2. The van der Waals surface area contributed by atoms with Crippen molar-refractivity contribution in [3.63, 3.8) is 0 Å². The normalized spacial score (nSPS) is 11.3. The third-order valence-electron chi connectivity index (χ3n) is 5.33. The SMILES string of the molecule is COc1nc(-c2cccc3c2nc(-c2cc(F)cc(F)c2)n3C)ccc1-n1cnc(C)c1. The summed E-state index contributed by atoms with van der Waals surface area (Å²) in [6, 6.07) is 12.9. The second kappa shape index (κ2) is 7.56. The van der Waals surface area contributed by atoms with Crippen LogP contribution in [0.25, 0.3) is 39.4 Å². The average molecular weight is 431 g/mol. The van der Waals surface area contributed by atoms with Gasteiger partial charge in [-0.25, -0.2) is 23.7 Å². The molecule has 5 rings (SSSR count). The molecule has 0 bridgehead atoms. The molecule has 2 aromatic carbocycles. The maximum absolute atomic E-state index is 13.8. The van der Waals surface area contributed by atoms with Gasteiger partial charge in [-0.1, -0.05) is 12.1 Å². The van der Waals surface area contributed by atoms with Gasteiger partial charge >= 0.3 is 0 Å². The molecule has 3 heterocycles. The van der Waals surface area contributed by atoms with Gasteiger partial charge in [-0.2, -0.15) is 0 Å². The average Bonchev–Trinajstić information content (AvgIpc) is 3.36. The third-order valence-corrected chi connectivity index (χ3v) is 5.33. The number of hydrogen-bond acceptors (Lipinski definition) is 4. The van der Waals surface area contributed by atoms with Gasteiger partial charge in [0.15, 0.2) is 0 Å². The van der Waals surface area contributed by atoms with E-state index in [4.69, 9.17) is 14.7 Å². The predicted octanol–water partition coefficient (Wildman–Crippen LogP) is 5.08. The molecule has 5 aromatic rings. The summed E-state index contributed by atoms with van der Waals surface area (Å²) in [6.07, 6.45) is 3.60. The van der Waals surface area contributed by atoms with Crippen LogP contribution in [-0.4, -0.2) is 31.2 Å². The van der Waals surface area contributed by atoms with Crippen LogP contribution in [0.2, 0.25) is 0 Å². The molecule has 3 aromatic heterocycles. The smallest absolute Gasteiger partial charge is 0.238 e. The lowest BCUT2D eigenvalue weighted by Crippen LogP contribution is -1.99. The first kappa shape index (κ1) is 19.9. The van der Waals surface area contributed by atoms with E-state index in [9.17, 15) is 8.78 Å². The van der Waals surface area contributed by atoms with Crippen LogP contribution in [-0.2, 0) is 7.05 Å². The van der Waals surface area contributed by atoms with Crippen LogP contribution in [0.5, 0.6) is 5.88 Å². The molecule has 0 fully saturated rings. The van der Waals surface area contributed by atoms with E-state index in [0.717, 1.165) is 28.5 Å². The first-order valence-electron chi connectivity index (χ1n) is 9.93. The lowest BCUT2D eigenvalue weighted by atomic mass is 10.1. The van der Waals surface area contributed by atoms with Crippen molar-refractivity contribution in [2.45, 2.75) is 6.92 Å². The standard InChI is InChI=1S/C24H19F2N5O/c1-14-12-31(13-27-14)21-8-7-19(28-24(21)32-3)18-5-4-6-20-22(18)29-23(30(20)2)15-9-16(25)11-17(26)10-15/h4-13H,1-3H3. The Morgan fingerprint density at radius 3 is 2.44 bits per heavy atom. The van der Waals surface area contributed by atoms with Crippen LogP contribution < -0.4 is 4.74 Å². The van der Waals surface area contributed by atoms with Gasteiger partial charge < -0.3 is 13.9 Å². The summed E-state index contributed by atoms with van der Waals surface area (Å²) in [5.74, 6) is -0.392. The van der Waals surface area contributed by atoms with E-state index in [1.54, 1.807) is 13.4 Å². The molecule has 6 nitrogen and oxygen atoms in total. The van der Waals surface area contributed by atoms with Crippen molar-refractivity contribution in [2.24, 2.45) is 7.05 Å². The van der Waals surface area contributed by atoms with Crippen molar-refractivity contribution in [3.05, 3.63) is 78.4 Å². The first-order chi connectivity index (χ1) is 15.4. The van der Waals surface area contributed by atoms with Gasteiger partial charge in [0.25, 0.3) is 0 Å². The molecule has 0 N–H and O–H groups in total. The molecule has 0 unspecified atom stereocenters. The molecule has 32 heavy (non-hydrogen) atoms. The van der Waals surface area contributed by atoms with Crippen LogP contribution in [0.4, 0.5) is 8.78 Å². The molecule has 0 atom stereocenters. The van der Waals surface area contributed by atoms with Crippen LogP contribution in [0.15, 0.2) is 61.1 Å². The molecule has 0 aliphatic rings. The van der Waals surface area contributed by atoms with E-state index in [-0.39, 0.29) is 0 Å². The van der Waals surface area contributed by atoms with Gasteiger partial charge in [-0.05, 0) is 37.3 Å². The van der Waals surface area contributed by atoms with Crippen LogP contribution in [0.1, 0.15) is 5.69 Å². The van der Waals surface area contributed by atoms with E-state index >= 15 is 0 Å². The number of para-hydroxylation sites is 1. The lowest BCUT2D eigenvalue weighted by Gasteiger charge is -2.10. The van der Waals surface area contributed by atoms with Crippen molar-refractivity contribution in [1.29, 1.82) is 0 Å². The van der Waals surface area contributed by atoms with Crippen molar-refractivity contribution in [3.8, 4) is 34.2 Å². The van der Waals surface area contributed by atoms with Gasteiger partial charge in [-0.15, -0.1) is 0 Å². The highest BCUT2D eigenvalue weighted by atomic mass is 19.1. The molecule has 0 spiro atoms. The number of benzene rings is 2. The second-order valence-corrected chi connectivity index (χ2v) is 7.47. The third kappa shape index (κ3) is 3.30. The Balaban J connectivity index is 1.66. The topological polar surface area (TPSA) is 57.8 Å². The predicted molar refractivity (Wildman–Crippen MR) is 118 cm³/mol.